The van der Waals surface area contributed by atoms with Crippen LogP contribution in [0.25, 0.3) is 11.5 Å². The number of amides is 1. The third kappa shape index (κ3) is 4.13. The van der Waals surface area contributed by atoms with Gasteiger partial charge in [0.15, 0.2) is 0 Å². The predicted molar refractivity (Wildman–Crippen MR) is 105 cm³/mol. The molecule has 1 aromatic carbocycles. The zero-order chi connectivity index (χ0) is 22.3. The highest BCUT2D eigenvalue weighted by atomic mass is 19.3. The molecule has 1 fully saturated rings. The number of likely N-dealkylation sites (tertiary alicyclic amines) is 1. The summed E-state index contributed by atoms with van der Waals surface area (Å²) in [5.74, 6) is -1.44. The number of piperidine rings is 1. The van der Waals surface area contributed by atoms with Crippen molar-refractivity contribution in [2.45, 2.75) is 45.7 Å². The van der Waals surface area contributed by atoms with Gasteiger partial charge in [0.1, 0.15) is 18.2 Å². The summed E-state index contributed by atoms with van der Waals surface area (Å²) in [6.07, 6.45) is -1.43. The maximum atomic E-state index is 15.1. The topological polar surface area (TPSA) is 71.7 Å². The number of rotatable bonds is 3. The van der Waals surface area contributed by atoms with E-state index >= 15 is 4.39 Å². The van der Waals surface area contributed by atoms with Gasteiger partial charge in [0, 0.05) is 16.5 Å². The van der Waals surface area contributed by atoms with Gasteiger partial charge in [-0.3, -0.25) is 4.79 Å². The van der Waals surface area contributed by atoms with Crippen molar-refractivity contribution >= 4 is 5.91 Å². The predicted octanol–water partition coefficient (Wildman–Crippen LogP) is 3.65. The highest BCUT2D eigenvalue weighted by molar-refractivity contribution is 5.83. The number of aromatic nitrogens is 2. The van der Waals surface area contributed by atoms with Crippen LogP contribution in [0, 0.1) is 11.2 Å². The number of nitrogens with zero attached hydrogens (tertiary/aromatic N) is 4. The van der Waals surface area contributed by atoms with Crippen LogP contribution >= 0.6 is 0 Å². The van der Waals surface area contributed by atoms with Gasteiger partial charge < -0.3 is 19.0 Å². The van der Waals surface area contributed by atoms with Crippen molar-refractivity contribution < 1.29 is 27.1 Å². The van der Waals surface area contributed by atoms with Gasteiger partial charge in [-0.15, -0.1) is 10.2 Å². The summed E-state index contributed by atoms with van der Waals surface area (Å²) in [5.41, 5.74) is -0.117. The zero-order valence-electron chi connectivity index (χ0n) is 17.7. The second kappa shape index (κ2) is 8.14. The Morgan fingerprint density at radius 3 is 2.61 bits per heavy atom. The van der Waals surface area contributed by atoms with Crippen LogP contribution in [0.15, 0.2) is 16.5 Å². The van der Waals surface area contributed by atoms with E-state index in [9.17, 15) is 13.6 Å². The van der Waals surface area contributed by atoms with Gasteiger partial charge in [0.05, 0.1) is 12.6 Å². The number of benzene rings is 1. The summed E-state index contributed by atoms with van der Waals surface area (Å²) in [5, 5.41) is 6.85. The van der Waals surface area contributed by atoms with Crippen molar-refractivity contribution in [1.29, 1.82) is 0 Å². The molecule has 0 unspecified atom stereocenters. The van der Waals surface area contributed by atoms with Crippen LogP contribution in [0.4, 0.5) is 13.2 Å². The summed E-state index contributed by atoms with van der Waals surface area (Å²) >= 11 is 0. The molecule has 168 valence electrons. The van der Waals surface area contributed by atoms with Crippen LogP contribution in [0.5, 0.6) is 5.75 Å². The molecule has 1 aromatic heterocycles. The molecule has 1 amide bonds. The van der Waals surface area contributed by atoms with Gasteiger partial charge in [-0.25, -0.2) is 4.39 Å². The second-order valence-electron chi connectivity index (χ2n) is 8.64. The Morgan fingerprint density at radius 2 is 1.97 bits per heavy atom. The molecule has 2 aliphatic heterocycles. The molecule has 2 aromatic rings. The van der Waals surface area contributed by atoms with Crippen molar-refractivity contribution in [3.8, 4) is 17.2 Å². The quantitative estimate of drug-likeness (QED) is 0.729. The number of fused-ring (bicyclic) bond motifs is 1. The van der Waals surface area contributed by atoms with E-state index in [0.29, 0.717) is 0 Å². The van der Waals surface area contributed by atoms with Crippen LogP contribution in [0.2, 0.25) is 0 Å². The molecule has 0 saturated carbocycles. The molecule has 1 saturated heterocycles. The summed E-state index contributed by atoms with van der Waals surface area (Å²) in [6, 6.07) is 2.37. The second-order valence-corrected chi connectivity index (χ2v) is 8.64. The number of carbonyl (C=O) groups excluding carboxylic acids is 1. The van der Waals surface area contributed by atoms with E-state index in [1.807, 2.05) is 20.9 Å². The zero-order valence-corrected chi connectivity index (χ0v) is 17.7. The fourth-order valence-electron chi connectivity index (χ4n) is 4.03. The fraction of sp³-hybridized carbons (Fsp3) is 0.571. The number of ether oxygens (including phenoxy) is 1. The van der Waals surface area contributed by atoms with Crippen LogP contribution in [0.1, 0.15) is 44.6 Å². The molecule has 0 radical (unpaired) electrons. The lowest BCUT2D eigenvalue weighted by Crippen LogP contribution is -2.51. The molecule has 2 aliphatic rings. The van der Waals surface area contributed by atoms with Crippen molar-refractivity contribution in [3.05, 3.63) is 29.4 Å². The van der Waals surface area contributed by atoms with E-state index < -0.39 is 23.5 Å². The number of alkyl halides is 2. The molecule has 31 heavy (non-hydrogen) atoms. The van der Waals surface area contributed by atoms with Crippen molar-refractivity contribution in [2.24, 2.45) is 5.41 Å². The number of halogens is 3. The molecule has 0 N–H and O–H groups in total. The normalized spacial score (nSPS) is 21.5. The molecule has 0 spiro atoms. The summed E-state index contributed by atoms with van der Waals surface area (Å²) in [6.45, 7) is 5.76. The molecular formula is C21H25F3N4O3. The Morgan fingerprint density at radius 1 is 1.26 bits per heavy atom. The van der Waals surface area contributed by atoms with Crippen LogP contribution < -0.4 is 4.74 Å². The Kier molecular flexibility index (Phi) is 5.67. The fourth-order valence-corrected chi connectivity index (χ4v) is 4.03. The molecule has 0 aliphatic carbocycles. The molecule has 1 atom stereocenters. The van der Waals surface area contributed by atoms with Gasteiger partial charge in [-0.2, -0.15) is 8.78 Å². The largest absolute Gasteiger partial charge is 0.491 e. The van der Waals surface area contributed by atoms with Gasteiger partial charge in [-0.1, -0.05) is 6.92 Å². The SMILES string of the molecule is C[C@H]1COc2cc(-c3nnc(C(F)F)o3)cc(F)c2CN1C(=O)C1(C)CCN(C)CC1. The minimum absolute atomic E-state index is 0.00787. The third-order valence-corrected chi connectivity index (χ3v) is 6.24. The van der Waals surface area contributed by atoms with Gasteiger partial charge in [0.2, 0.25) is 11.8 Å². The molecule has 3 heterocycles. The average molecular weight is 438 g/mol. The molecule has 4 rings (SSSR count). The van der Waals surface area contributed by atoms with Crippen LogP contribution in [-0.2, 0) is 11.3 Å². The number of carbonyl (C=O) groups is 1. The first-order chi connectivity index (χ1) is 14.7. The van der Waals surface area contributed by atoms with Gasteiger partial charge >= 0.3 is 6.43 Å². The molecule has 0 bridgehead atoms. The number of hydrogen-bond acceptors (Lipinski definition) is 6. The van der Waals surface area contributed by atoms with E-state index in [2.05, 4.69) is 15.1 Å². The maximum Gasteiger partial charge on any atom is 0.314 e. The smallest absolute Gasteiger partial charge is 0.314 e. The van der Waals surface area contributed by atoms with E-state index in [4.69, 9.17) is 9.15 Å². The highest BCUT2D eigenvalue weighted by Gasteiger charge is 2.41. The Bertz CT molecular complexity index is 973. The summed E-state index contributed by atoms with van der Waals surface area (Å²) < 4.78 is 51.2. The average Bonchev–Trinajstić information content (AvgIpc) is 3.17. The molecule has 7 nitrogen and oxygen atoms in total. The van der Waals surface area contributed by atoms with Crippen LogP contribution in [0.3, 0.4) is 0 Å². The van der Waals surface area contributed by atoms with Crippen molar-refractivity contribution in [2.75, 3.05) is 26.7 Å². The monoisotopic (exact) mass is 438 g/mol. The van der Waals surface area contributed by atoms with E-state index in [-0.39, 0.29) is 47.9 Å². The summed E-state index contributed by atoms with van der Waals surface area (Å²) in [7, 11) is 2.03. The minimum Gasteiger partial charge on any atom is -0.491 e. The first-order valence-electron chi connectivity index (χ1n) is 10.2. The Balaban J connectivity index is 1.62. The lowest BCUT2D eigenvalue weighted by molar-refractivity contribution is -0.147. The van der Waals surface area contributed by atoms with E-state index in [1.165, 1.54) is 6.07 Å². The Labute approximate surface area is 178 Å². The van der Waals surface area contributed by atoms with Gasteiger partial charge in [0.25, 0.3) is 5.89 Å². The summed E-state index contributed by atoms with van der Waals surface area (Å²) in [4.78, 5) is 17.3. The maximum absolute atomic E-state index is 15.1. The van der Waals surface area contributed by atoms with E-state index in [0.717, 1.165) is 32.0 Å². The lowest BCUT2D eigenvalue weighted by Gasteiger charge is -2.41. The van der Waals surface area contributed by atoms with Crippen molar-refractivity contribution in [3.63, 3.8) is 0 Å². The third-order valence-electron chi connectivity index (χ3n) is 6.24. The van der Waals surface area contributed by atoms with Gasteiger partial charge in [-0.05, 0) is 52.0 Å². The van der Waals surface area contributed by atoms with E-state index in [1.54, 1.807) is 4.90 Å². The van der Waals surface area contributed by atoms with Crippen LogP contribution in [-0.4, -0.2) is 58.7 Å². The highest BCUT2D eigenvalue weighted by Crippen LogP contribution is 2.37. The molecule has 10 heteroatoms. The Hall–Kier alpha value is -2.62. The number of hydrogen-bond donors (Lipinski definition) is 0. The molecular weight excluding hydrogens is 413 g/mol. The first kappa shape index (κ1) is 21.6. The lowest BCUT2D eigenvalue weighted by atomic mass is 9.78. The minimum atomic E-state index is -2.91. The van der Waals surface area contributed by atoms with Crippen molar-refractivity contribution in [1.82, 2.24) is 20.0 Å². The first-order valence-corrected chi connectivity index (χ1v) is 10.2. The standard InChI is InChI=1S/C21H25F3N4O3/c1-12-11-30-16-9-13(18-25-26-19(31-18)17(23)24)8-15(22)14(16)10-28(12)20(29)21(2)4-6-27(3)7-5-21/h8-9,12,17H,4-7,10-11H2,1-3H3/t12-/m0/s1.